The molecule has 0 amide bonds. The van der Waals surface area contributed by atoms with Gasteiger partial charge in [-0.3, -0.25) is 4.31 Å². The Hall–Kier alpha value is -1.07. The van der Waals surface area contributed by atoms with Crippen LogP contribution in [0.4, 0.5) is 5.69 Å². The number of hydrogen-bond donors (Lipinski definition) is 1. The highest BCUT2D eigenvalue weighted by molar-refractivity contribution is 7.92. The summed E-state index contributed by atoms with van der Waals surface area (Å²) in [5.41, 5.74) is 7.79. The second-order valence-corrected chi connectivity index (χ2v) is 6.95. The van der Waals surface area contributed by atoms with E-state index in [9.17, 15) is 8.42 Å². The number of nitrogens with zero attached hydrogens (tertiary/aromatic N) is 1. The van der Waals surface area contributed by atoms with E-state index >= 15 is 0 Å². The van der Waals surface area contributed by atoms with Gasteiger partial charge in [0.05, 0.1) is 11.9 Å². The summed E-state index contributed by atoms with van der Waals surface area (Å²) < 4.78 is 24.2. The molecule has 2 rings (SSSR count). The summed E-state index contributed by atoms with van der Waals surface area (Å²) in [5, 5.41) is 0. The minimum absolute atomic E-state index is 0.0533. The first-order valence-corrected chi connectivity index (χ1v) is 7.47. The van der Waals surface area contributed by atoms with Gasteiger partial charge in [-0.15, -0.1) is 0 Å². The normalized spacial score (nSPS) is 17.8. The maximum absolute atomic E-state index is 11.4. The minimum atomic E-state index is -3.20. The maximum atomic E-state index is 11.4. The Kier molecular flexibility index (Phi) is 2.91. The van der Waals surface area contributed by atoms with Gasteiger partial charge < -0.3 is 5.73 Å². The Morgan fingerprint density at radius 3 is 2.59 bits per heavy atom. The van der Waals surface area contributed by atoms with Gasteiger partial charge in [-0.25, -0.2) is 8.42 Å². The van der Waals surface area contributed by atoms with Gasteiger partial charge in [0.15, 0.2) is 0 Å². The van der Waals surface area contributed by atoms with E-state index < -0.39 is 10.0 Å². The van der Waals surface area contributed by atoms with Gasteiger partial charge in [0, 0.05) is 12.6 Å². The summed E-state index contributed by atoms with van der Waals surface area (Å²) in [5.74, 6) is 0. The van der Waals surface area contributed by atoms with E-state index in [1.807, 2.05) is 18.2 Å². The van der Waals surface area contributed by atoms with Crippen molar-refractivity contribution in [3.8, 4) is 0 Å². The Bertz CT molecular complexity index is 521. The van der Waals surface area contributed by atoms with Crippen LogP contribution >= 0.6 is 0 Å². The van der Waals surface area contributed by atoms with Gasteiger partial charge >= 0.3 is 0 Å². The van der Waals surface area contributed by atoms with Crippen LogP contribution in [0.1, 0.15) is 18.4 Å². The van der Waals surface area contributed by atoms with Gasteiger partial charge in [0.1, 0.15) is 0 Å². The lowest BCUT2D eigenvalue weighted by Gasteiger charge is -2.18. The number of anilines is 1. The predicted octanol–water partition coefficient (Wildman–Crippen LogP) is 1.12. The third kappa shape index (κ3) is 2.98. The third-order valence-corrected chi connectivity index (χ3v) is 4.43. The third-order valence-electron chi connectivity index (χ3n) is 3.22. The first-order valence-electron chi connectivity index (χ1n) is 5.62. The van der Waals surface area contributed by atoms with Gasteiger partial charge in [0.25, 0.3) is 0 Å². The second-order valence-electron chi connectivity index (χ2n) is 4.94. The summed E-state index contributed by atoms with van der Waals surface area (Å²) >= 11 is 0. The maximum Gasteiger partial charge on any atom is 0.231 e. The molecule has 94 valence electrons. The average Bonchev–Trinajstić information content (AvgIpc) is 2.94. The zero-order valence-corrected chi connectivity index (χ0v) is 11.0. The fourth-order valence-electron chi connectivity index (χ4n) is 1.80. The molecule has 0 bridgehead atoms. The van der Waals surface area contributed by atoms with E-state index in [0.29, 0.717) is 5.69 Å². The molecule has 0 heterocycles. The van der Waals surface area contributed by atoms with Crippen molar-refractivity contribution in [2.24, 2.45) is 5.73 Å². The highest BCUT2D eigenvalue weighted by atomic mass is 32.2. The molecule has 0 saturated heterocycles. The molecule has 0 unspecified atom stereocenters. The smallest absolute Gasteiger partial charge is 0.231 e. The van der Waals surface area contributed by atoms with Gasteiger partial charge in [-0.05, 0) is 37.0 Å². The van der Waals surface area contributed by atoms with Crippen molar-refractivity contribution in [3.63, 3.8) is 0 Å². The highest BCUT2D eigenvalue weighted by Crippen LogP contribution is 2.36. The Balaban J connectivity index is 2.22. The molecule has 0 radical (unpaired) electrons. The van der Waals surface area contributed by atoms with Crippen LogP contribution in [0, 0.1) is 0 Å². The Morgan fingerprint density at radius 2 is 2.06 bits per heavy atom. The number of sulfonamides is 1. The molecular weight excluding hydrogens is 236 g/mol. The number of benzene rings is 1. The molecule has 2 N–H and O–H groups in total. The quantitative estimate of drug-likeness (QED) is 0.875. The molecule has 1 fully saturated rings. The van der Waals surface area contributed by atoms with E-state index in [0.717, 1.165) is 24.8 Å². The number of nitrogens with two attached hydrogens (primary N) is 1. The lowest BCUT2D eigenvalue weighted by molar-refractivity contribution is 0.600. The highest BCUT2D eigenvalue weighted by Gasteiger charge is 2.37. The van der Waals surface area contributed by atoms with Crippen LogP contribution in [0.2, 0.25) is 0 Å². The van der Waals surface area contributed by atoms with Crippen molar-refractivity contribution in [2.45, 2.75) is 24.8 Å². The topological polar surface area (TPSA) is 63.4 Å². The Labute approximate surface area is 102 Å². The molecule has 1 aliphatic carbocycles. The molecule has 1 aromatic rings. The van der Waals surface area contributed by atoms with Crippen molar-refractivity contribution in [1.82, 2.24) is 0 Å². The molecule has 5 heteroatoms. The van der Waals surface area contributed by atoms with Crippen LogP contribution < -0.4 is 10.0 Å². The molecule has 1 aliphatic rings. The van der Waals surface area contributed by atoms with Gasteiger partial charge in [0.2, 0.25) is 10.0 Å². The lowest BCUT2D eigenvalue weighted by Crippen LogP contribution is -2.26. The molecule has 4 nitrogen and oxygen atoms in total. The first-order chi connectivity index (χ1) is 7.80. The van der Waals surface area contributed by atoms with Crippen molar-refractivity contribution < 1.29 is 8.42 Å². The van der Waals surface area contributed by atoms with Crippen LogP contribution in [-0.2, 0) is 16.4 Å². The molecular formula is C12H18N2O2S. The van der Waals surface area contributed by atoms with E-state index in [-0.39, 0.29) is 5.54 Å². The van der Waals surface area contributed by atoms with E-state index in [4.69, 9.17) is 5.73 Å². The molecule has 0 atom stereocenters. The monoisotopic (exact) mass is 254 g/mol. The summed E-state index contributed by atoms with van der Waals surface area (Å²) in [6, 6.07) is 7.55. The van der Waals surface area contributed by atoms with Crippen LogP contribution in [-0.4, -0.2) is 27.3 Å². The first kappa shape index (κ1) is 12.4. The van der Waals surface area contributed by atoms with Crippen molar-refractivity contribution in [2.75, 3.05) is 17.6 Å². The van der Waals surface area contributed by atoms with E-state index in [2.05, 4.69) is 0 Å². The molecule has 1 aromatic carbocycles. The SMILES string of the molecule is CN(c1cccc(CC2(N)CC2)c1)S(C)(=O)=O. The zero-order valence-electron chi connectivity index (χ0n) is 10.2. The largest absolute Gasteiger partial charge is 0.325 e. The second kappa shape index (κ2) is 3.99. The van der Waals surface area contributed by atoms with Gasteiger partial charge in [-0.1, -0.05) is 12.1 Å². The fraction of sp³-hybridized carbons (Fsp3) is 0.500. The Morgan fingerprint density at radius 1 is 1.41 bits per heavy atom. The molecule has 0 aliphatic heterocycles. The summed E-state index contributed by atoms with van der Waals surface area (Å²) in [6.45, 7) is 0. The van der Waals surface area contributed by atoms with Crippen LogP contribution in [0.5, 0.6) is 0 Å². The summed E-state index contributed by atoms with van der Waals surface area (Å²) in [4.78, 5) is 0. The lowest BCUT2D eigenvalue weighted by atomic mass is 10.0. The van der Waals surface area contributed by atoms with Crippen LogP contribution in [0.15, 0.2) is 24.3 Å². The van der Waals surface area contributed by atoms with Crippen molar-refractivity contribution in [3.05, 3.63) is 29.8 Å². The number of hydrogen-bond acceptors (Lipinski definition) is 3. The average molecular weight is 254 g/mol. The summed E-state index contributed by atoms with van der Waals surface area (Å²) in [6.07, 6.45) is 4.13. The van der Waals surface area contributed by atoms with Crippen molar-refractivity contribution in [1.29, 1.82) is 0 Å². The molecule has 0 spiro atoms. The zero-order chi connectivity index (χ0) is 12.7. The van der Waals surface area contributed by atoms with E-state index in [1.54, 1.807) is 13.1 Å². The number of rotatable bonds is 4. The summed E-state index contributed by atoms with van der Waals surface area (Å²) in [7, 11) is -1.64. The van der Waals surface area contributed by atoms with Crippen LogP contribution in [0.3, 0.4) is 0 Å². The molecule has 0 aromatic heterocycles. The van der Waals surface area contributed by atoms with Crippen LogP contribution in [0.25, 0.3) is 0 Å². The molecule has 17 heavy (non-hydrogen) atoms. The fourth-order valence-corrected chi connectivity index (χ4v) is 2.29. The van der Waals surface area contributed by atoms with Crippen molar-refractivity contribution >= 4 is 15.7 Å². The van der Waals surface area contributed by atoms with E-state index in [1.165, 1.54) is 10.6 Å². The molecule has 1 saturated carbocycles. The van der Waals surface area contributed by atoms with Gasteiger partial charge in [-0.2, -0.15) is 0 Å². The predicted molar refractivity (Wildman–Crippen MR) is 69.5 cm³/mol. The minimum Gasteiger partial charge on any atom is -0.325 e. The standard InChI is InChI=1S/C12H18N2O2S/c1-14(17(2,15)16)11-5-3-4-10(8-11)9-12(13)6-7-12/h3-5,8H,6-7,9,13H2,1-2H3.